The molecule has 1 unspecified atom stereocenters. The smallest absolute Gasteiger partial charge is 0.411 e. The Morgan fingerprint density at radius 2 is 2.00 bits per heavy atom. The van der Waals surface area contributed by atoms with Crippen LogP contribution in [0.15, 0.2) is 42.9 Å². The van der Waals surface area contributed by atoms with Gasteiger partial charge in [-0.1, -0.05) is 12.1 Å². The molecule has 168 valence electrons. The van der Waals surface area contributed by atoms with Crippen LogP contribution >= 0.6 is 0 Å². The molecule has 0 N–H and O–H groups in total. The summed E-state index contributed by atoms with van der Waals surface area (Å²) in [7, 11) is 0. The normalized spacial score (nSPS) is 17.2. The second kappa shape index (κ2) is 8.26. The Kier molecular flexibility index (Phi) is 5.62. The van der Waals surface area contributed by atoms with Gasteiger partial charge in [-0.15, -0.1) is 0 Å². The number of hydrogen-bond donors (Lipinski definition) is 0. The van der Waals surface area contributed by atoms with Crippen molar-refractivity contribution in [2.24, 2.45) is 0 Å². The lowest BCUT2D eigenvalue weighted by atomic mass is 10.0. The highest BCUT2D eigenvalue weighted by Crippen LogP contribution is 2.26. The summed E-state index contributed by atoms with van der Waals surface area (Å²) in [5.41, 5.74) is 4.39. The molecule has 8 heteroatoms. The molecule has 8 nitrogen and oxygen atoms in total. The molecule has 2 aromatic heterocycles. The number of rotatable bonds is 3. The van der Waals surface area contributed by atoms with Gasteiger partial charge >= 0.3 is 6.09 Å². The van der Waals surface area contributed by atoms with Crippen LogP contribution in [0.3, 0.4) is 0 Å². The third kappa shape index (κ3) is 4.30. The third-order valence-corrected chi connectivity index (χ3v) is 5.69. The monoisotopic (exact) mass is 435 g/mol. The highest BCUT2D eigenvalue weighted by molar-refractivity contribution is 5.86. The molecule has 4 rings (SSSR count). The molecule has 1 atom stereocenters. The summed E-state index contributed by atoms with van der Waals surface area (Å²) in [6.07, 6.45) is 3.00. The van der Waals surface area contributed by atoms with Crippen LogP contribution in [0, 0.1) is 6.92 Å². The molecule has 1 saturated heterocycles. The molecule has 2 amide bonds. The van der Waals surface area contributed by atoms with Gasteiger partial charge in [0.05, 0.1) is 11.2 Å². The lowest BCUT2D eigenvalue weighted by molar-refractivity contribution is -0.141. The molecule has 0 spiro atoms. The number of nitrogens with zero attached hydrogens (tertiary/aromatic N) is 5. The van der Waals surface area contributed by atoms with E-state index in [4.69, 9.17) is 4.74 Å². The van der Waals surface area contributed by atoms with E-state index in [1.165, 1.54) is 4.90 Å². The van der Waals surface area contributed by atoms with Crippen molar-refractivity contribution in [3.8, 4) is 11.3 Å². The Hall–Kier alpha value is -3.42. The van der Waals surface area contributed by atoms with Gasteiger partial charge in [0.1, 0.15) is 18.0 Å². The van der Waals surface area contributed by atoms with Crippen LogP contribution in [0.25, 0.3) is 16.8 Å². The van der Waals surface area contributed by atoms with Gasteiger partial charge in [0.15, 0.2) is 0 Å². The van der Waals surface area contributed by atoms with E-state index in [1.807, 2.05) is 63.1 Å². The molecule has 0 bridgehead atoms. The van der Waals surface area contributed by atoms with Crippen molar-refractivity contribution in [1.82, 2.24) is 24.4 Å². The number of aryl methyl sites for hydroxylation is 1. The van der Waals surface area contributed by atoms with E-state index in [0.29, 0.717) is 19.6 Å². The van der Waals surface area contributed by atoms with Gasteiger partial charge in [-0.3, -0.25) is 9.69 Å². The Morgan fingerprint density at radius 3 is 2.72 bits per heavy atom. The number of piperazine rings is 1. The maximum atomic E-state index is 13.0. The van der Waals surface area contributed by atoms with Crippen LogP contribution in [0.1, 0.15) is 38.8 Å². The second-order valence-electron chi connectivity index (χ2n) is 9.20. The maximum absolute atomic E-state index is 13.0. The Morgan fingerprint density at radius 1 is 1.22 bits per heavy atom. The first-order valence-electron chi connectivity index (χ1n) is 10.8. The van der Waals surface area contributed by atoms with Crippen LogP contribution in [-0.4, -0.2) is 61.1 Å². The van der Waals surface area contributed by atoms with Gasteiger partial charge in [-0.05, 0) is 63.9 Å². The number of fused-ring (bicyclic) bond motifs is 1. The molecule has 32 heavy (non-hydrogen) atoms. The first-order chi connectivity index (χ1) is 15.1. The molecule has 0 aliphatic carbocycles. The van der Waals surface area contributed by atoms with Crippen molar-refractivity contribution < 1.29 is 14.3 Å². The average molecular weight is 436 g/mol. The molecule has 1 aliphatic rings. The van der Waals surface area contributed by atoms with Gasteiger partial charge in [-0.2, -0.15) is 5.10 Å². The standard InChI is InChI=1S/C24H29N5O3/c1-16-13-18(21-20-7-6-10-29(20)26-15-25-21)8-9-19(16)14-27-11-12-28(17(2)22(27)30)23(31)32-24(3,4)5/h6-10,13,15,17H,11-12,14H2,1-5H3. The summed E-state index contributed by atoms with van der Waals surface area (Å²) < 4.78 is 7.25. The zero-order chi connectivity index (χ0) is 23.0. The maximum Gasteiger partial charge on any atom is 0.411 e. The minimum Gasteiger partial charge on any atom is -0.444 e. The second-order valence-corrected chi connectivity index (χ2v) is 9.20. The van der Waals surface area contributed by atoms with Crippen LogP contribution < -0.4 is 0 Å². The van der Waals surface area contributed by atoms with E-state index in [9.17, 15) is 9.59 Å². The number of carbonyl (C=O) groups is 2. The molecule has 1 aliphatic heterocycles. The third-order valence-electron chi connectivity index (χ3n) is 5.69. The number of benzene rings is 1. The van der Waals surface area contributed by atoms with Crippen LogP contribution in [0.5, 0.6) is 0 Å². The van der Waals surface area contributed by atoms with Crippen molar-refractivity contribution >= 4 is 17.5 Å². The quantitative estimate of drug-likeness (QED) is 0.627. The van der Waals surface area contributed by atoms with Crippen molar-refractivity contribution in [2.45, 2.75) is 52.8 Å². The summed E-state index contributed by atoms with van der Waals surface area (Å²) in [5, 5.41) is 4.22. The van der Waals surface area contributed by atoms with Gasteiger partial charge in [0.2, 0.25) is 5.91 Å². The Balaban J connectivity index is 1.49. The molecule has 1 fully saturated rings. The average Bonchev–Trinajstić information content (AvgIpc) is 3.20. The fraction of sp³-hybridized carbons (Fsp3) is 0.417. The van der Waals surface area contributed by atoms with Crippen molar-refractivity contribution in [2.75, 3.05) is 13.1 Å². The van der Waals surface area contributed by atoms with Gasteiger partial charge in [0.25, 0.3) is 0 Å². The summed E-state index contributed by atoms with van der Waals surface area (Å²) in [6.45, 7) is 10.7. The lowest BCUT2D eigenvalue weighted by Crippen LogP contribution is -2.57. The highest BCUT2D eigenvalue weighted by Gasteiger charge is 2.36. The number of hydrogen-bond acceptors (Lipinski definition) is 5. The van der Waals surface area contributed by atoms with E-state index in [-0.39, 0.29) is 5.91 Å². The van der Waals surface area contributed by atoms with Crippen LogP contribution in [0.4, 0.5) is 4.79 Å². The highest BCUT2D eigenvalue weighted by atomic mass is 16.6. The van der Waals surface area contributed by atoms with Gasteiger partial charge in [0, 0.05) is 31.4 Å². The van der Waals surface area contributed by atoms with Gasteiger partial charge in [-0.25, -0.2) is 14.3 Å². The van der Waals surface area contributed by atoms with Crippen molar-refractivity contribution in [3.63, 3.8) is 0 Å². The number of aromatic nitrogens is 3. The zero-order valence-corrected chi connectivity index (χ0v) is 19.2. The van der Waals surface area contributed by atoms with E-state index in [0.717, 1.165) is 27.9 Å². The number of carbonyl (C=O) groups excluding carboxylic acids is 2. The SMILES string of the molecule is Cc1cc(-c2ncnn3cccc23)ccc1CN1CCN(C(=O)OC(C)(C)C)C(C)C1=O. The fourth-order valence-corrected chi connectivity index (χ4v) is 3.97. The predicted molar refractivity (Wildman–Crippen MR) is 121 cm³/mol. The van der Waals surface area contributed by atoms with Gasteiger partial charge < -0.3 is 9.64 Å². The topological polar surface area (TPSA) is 80.0 Å². The molecular weight excluding hydrogens is 406 g/mol. The van der Waals surface area contributed by atoms with E-state index < -0.39 is 17.7 Å². The Bertz CT molecular complexity index is 1160. The fourth-order valence-electron chi connectivity index (χ4n) is 3.97. The minimum absolute atomic E-state index is 0.0729. The molecule has 0 radical (unpaired) electrons. The minimum atomic E-state index is -0.591. The molecule has 0 saturated carbocycles. The molecular formula is C24H29N5O3. The van der Waals surface area contributed by atoms with Crippen molar-refractivity contribution in [3.05, 3.63) is 54.0 Å². The van der Waals surface area contributed by atoms with E-state index in [1.54, 1.807) is 17.8 Å². The molecule has 1 aromatic carbocycles. The first-order valence-corrected chi connectivity index (χ1v) is 10.8. The first kappa shape index (κ1) is 21.8. The van der Waals surface area contributed by atoms with E-state index >= 15 is 0 Å². The molecule has 3 heterocycles. The molecule has 3 aromatic rings. The van der Waals surface area contributed by atoms with Crippen molar-refractivity contribution in [1.29, 1.82) is 0 Å². The summed E-state index contributed by atoms with van der Waals surface area (Å²) in [4.78, 5) is 33.2. The van der Waals surface area contributed by atoms with Crippen LogP contribution in [0.2, 0.25) is 0 Å². The van der Waals surface area contributed by atoms with E-state index in [2.05, 4.69) is 16.1 Å². The lowest BCUT2D eigenvalue weighted by Gasteiger charge is -2.39. The summed E-state index contributed by atoms with van der Waals surface area (Å²) in [5.74, 6) is -0.0729. The number of ether oxygens (including phenoxy) is 1. The summed E-state index contributed by atoms with van der Waals surface area (Å²) >= 11 is 0. The predicted octanol–water partition coefficient (Wildman–Crippen LogP) is 3.67. The summed E-state index contributed by atoms with van der Waals surface area (Å²) in [6, 6.07) is 9.55. The largest absolute Gasteiger partial charge is 0.444 e. The Labute approximate surface area is 187 Å². The zero-order valence-electron chi connectivity index (χ0n) is 19.2. The van der Waals surface area contributed by atoms with Crippen LogP contribution in [-0.2, 0) is 16.1 Å². The number of amides is 2.